The Morgan fingerprint density at radius 3 is 2.71 bits per heavy atom. The van der Waals surface area contributed by atoms with Gasteiger partial charge >= 0.3 is 0 Å². The molecule has 0 saturated carbocycles. The van der Waals surface area contributed by atoms with Crippen LogP contribution in [0.3, 0.4) is 0 Å². The first kappa shape index (κ1) is 21.1. The van der Waals surface area contributed by atoms with Crippen LogP contribution in [0, 0.1) is 0 Å². The summed E-state index contributed by atoms with van der Waals surface area (Å²) >= 11 is 0. The van der Waals surface area contributed by atoms with E-state index in [1.165, 1.54) is 18.3 Å². The van der Waals surface area contributed by atoms with Crippen molar-refractivity contribution in [3.8, 4) is 17.2 Å². The van der Waals surface area contributed by atoms with Crippen molar-refractivity contribution in [3.05, 3.63) is 84.1 Å². The second-order valence-electron chi connectivity index (χ2n) is 7.56. The fourth-order valence-electron chi connectivity index (χ4n) is 3.72. The first-order valence-corrected chi connectivity index (χ1v) is 10.5. The summed E-state index contributed by atoms with van der Waals surface area (Å²) in [5.74, 6) is 0.374. The molecule has 3 N–H and O–H groups in total. The lowest BCUT2D eigenvalue weighted by Crippen LogP contribution is -2.18. The van der Waals surface area contributed by atoms with E-state index in [4.69, 9.17) is 9.47 Å². The van der Waals surface area contributed by atoms with Crippen LogP contribution < -0.4 is 20.2 Å². The molecule has 2 heterocycles. The smallest absolute Gasteiger partial charge is 0.275 e. The van der Waals surface area contributed by atoms with E-state index in [9.17, 15) is 14.7 Å². The molecule has 1 aromatic heterocycles. The molecule has 5 rings (SSSR count). The lowest BCUT2D eigenvalue weighted by atomic mass is 10.2. The number of phenols is 1. The summed E-state index contributed by atoms with van der Waals surface area (Å²) in [4.78, 5) is 25.0. The number of fused-ring (bicyclic) bond motifs is 2. The first-order chi connectivity index (χ1) is 16.6. The number of hydrazone groups is 1. The van der Waals surface area contributed by atoms with Crippen molar-refractivity contribution >= 4 is 34.6 Å². The molecule has 0 saturated heterocycles. The van der Waals surface area contributed by atoms with Crippen LogP contribution in [0.1, 0.15) is 15.9 Å². The first-order valence-electron chi connectivity index (χ1n) is 10.5. The number of aromatic nitrogens is 1. The van der Waals surface area contributed by atoms with Gasteiger partial charge in [-0.2, -0.15) is 5.10 Å². The molecule has 1 aliphatic rings. The summed E-state index contributed by atoms with van der Waals surface area (Å²) < 4.78 is 12.5. The van der Waals surface area contributed by atoms with Gasteiger partial charge in [-0.15, -0.1) is 0 Å². The number of hydrogen-bond acceptors (Lipinski definition) is 6. The molecule has 4 aromatic rings. The molecule has 0 spiro atoms. The highest BCUT2D eigenvalue weighted by atomic mass is 16.7. The highest BCUT2D eigenvalue weighted by Crippen LogP contribution is 2.34. The SMILES string of the molecule is O=C(Cn1cc(C=NNC(=O)c2ccccc2O)c2ccccc21)Nc1ccc2c(c1)OCO2. The summed E-state index contributed by atoms with van der Waals surface area (Å²) in [6.07, 6.45) is 3.30. The maximum atomic E-state index is 12.7. The molecule has 9 nitrogen and oxygen atoms in total. The average molecular weight is 456 g/mol. The van der Waals surface area contributed by atoms with Crippen LogP contribution in [0.5, 0.6) is 17.2 Å². The molecule has 2 amide bonds. The molecule has 0 atom stereocenters. The molecule has 0 fully saturated rings. The van der Waals surface area contributed by atoms with E-state index in [0.29, 0.717) is 17.2 Å². The fraction of sp³-hybridized carbons (Fsp3) is 0.0800. The molecular weight excluding hydrogens is 436 g/mol. The third-order valence-corrected chi connectivity index (χ3v) is 5.31. The van der Waals surface area contributed by atoms with E-state index in [-0.39, 0.29) is 30.6 Å². The number of benzene rings is 3. The number of rotatable bonds is 6. The van der Waals surface area contributed by atoms with E-state index >= 15 is 0 Å². The normalized spacial score (nSPS) is 12.2. The largest absolute Gasteiger partial charge is 0.507 e. The molecule has 1 aliphatic heterocycles. The van der Waals surface area contributed by atoms with Gasteiger partial charge in [0, 0.05) is 34.4 Å². The van der Waals surface area contributed by atoms with Gasteiger partial charge in [0.05, 0.1) is 11.8 Å². The summed E-state index contributed by atoms with van der Waals surface area (Å²) in [7, 11) is 0. The molecule has 0 radical (unpaired) electrons. The standard InChI is InChI=1S/C25H20N4O5/c30-21-8-4-2-6-19(21)25(32)28-26-12-16-13-29(20-7-3-1-5-18(16)20)14-24(31)27-17-9-10-22-23(11-17)34-15-33-22/h1-13,30H,14-15H2,(H,27,31)(H,28,32). The molecule has 0 unspecified atom stereocenters. The number of aromatic hydroxyl groups is 1. The van der Waals surface area contributed by atoms with Crippen LogP contribution in [0.15, 0.2) is 78.0 Å². The van der Waals surface area contributed by atoms with Gasteiger partial charge in [-0.05, 0) is 30.3 Å². The Hall–Kier alpha value is -4.79. The van der Waals surface area contributed by atoms with Gasteiger partial charge in [0.25, 0.3) is 5.91 Å². The lowest BCUT2D eigenvalue weighted by Gasteiger charge is -2.08. The van der Waals surface area contributed by atoms with E-state index in [1.54, 1.807) is 36.5 Å². The maximum Gasteiger partial charge on any atom is 0.275 e. The van der Waals surface area contributed by atoms with Crippen molar-refractivity contribution in [2.24, 2.45) is 5.10 Å². The number of amides is 2. The van der Waals surface area contributed by atoms with Crippen molar-refractivity contribution in [1.82, 2.24) is 9.99 Å². The Morgan fingerprint density at radius 1 is 1.03 bits per heavy atom. The van der Waals surface area contributed by atoms with Gasteiger partial charge in [0.1, 0.15) is 12.3 Å². The summed E-state index contributed by atoms with van der Waals surface area (Å²) in [6, 6.07) is 19.0. The van der Waals surface area contributed by atoms with Crippen LogP contribution in [0.25, 0.3) is 10.9 Å². The van der Waals surface area contributed by atoms with Crippen molar-refractivity contribution in [2.75, 3.05) is 12.1 Å². The summed E-state index contributed by atoms with van der Waals surface area (Å²) in [5, 5.41) is 17.6. The van der Waals surface area contributed by atoms with Crippen LogP contribution in [0.4, 0.5) is 5.69 Å². The Labute approximate surface area is 194 Å². The van der Waals surface area contributed by atoms with Crippen molar-refractivity contribution < 1.29 is 24.2 Å². The number of ether oxygens (including phenoxy) is 2. The van der Waals surface area contributed by atoms with Gasteiger partial charge in [-0.25, -0.2) is 5.43 Å². The van der Waals surface area contributed by atoms with Crippen LogP contribution in [-0.2, 0) is 11.3 Å². The second kappa shape index (κ2) is 8.99. The number of anilines is 1. The van der Waals surface area contributed by atoms with E-state index in [1.807, 2.05) is 28.8 Å². The number of nitrogens with zero attached hydrogens (tertiary/aromatic N) is 2. The van der Waals surface area contributed by atoms with Crippen LogP contribution in [0.2, 0.25) is 0 Å². The number of para-hydroxylation sites is 2. The highest BCUT2D eigenvalue weighted by molar-refractivity contribution is 6.02. The van der Waals surface area contributed by atoms with Crippen molar-refractivity contribution in [1.29, 1.82) is 0 Å². The minimum Gasteiger partial charge on any atom is -0.507 e. The molecule has 0 aliphatic carbocycles. The predicted molar refractivity (Wildman–Crippen MR) is 126 cm³/mol. The van der Waals surface area contributed by atoms with E-state index in [0.717, 1.165) is 16.5 Å². The van der Waals surface area contributed by atoms with E-state index < -0.39 is 5.91 Å². The van der Waals surface area contributed by atoms with Crippen molar-refractivity contribution in [2.45, 2.75) is 6.54 Å². The lowest BCUT2D eigenvalue weighted by molar-refractivity contribution is -0.116. The number of nitrogens with one attached hydrogen (secondary N) is 2. The predicted octanol–water partition coefficient (Wildman–Crippen LogP) is 3.48. The van der Waals surface area contributed by atoms with Gasteiger partial charge in [0.15, 0.2) is 11.5 Å². The number of carbonyl (C=O) groups is 2. The monoisotopic (exact) mass is 456 g/mol. The summed E-state index contributed by atoms with van der Waals surface area (Å²) in [6.45, 7) is 0.242. The average Bonchev–Trinajstić information content (AvgIpc) is 3.44. The second-order valence-corrected chi connectivity index (χ2v) is 7.56. The number of phenolic OH excluding ortho intramolecular Hbond substituents is 1. The van der Waals surface area contributed by atoms with Crippen molar-refractivity contribution in [3.63, 3.8) is 0 Å². The van der Waals surface area contributed by atoms with Crippen LogP contribution in [-0.4, -0.2) is 34.5 Å². The molecule has 3 aromatic carbocycles. The molecule has 34 heavy (non-hydrogen) atoms. The van der Waals surface area contributed by atoms with Gasteiger partial charge < -0.3 is 24.5 Å². The zero-order valence-corrected chi connectivity index (χ0v) is 17.9. The Balaban J connectivity index is 1.31. The Bertz CT molecular complexity index is 1430. The maximum absolute atomic E-state index is 12.7. The number of carbonyl (C=O) groups excluding carboxylic acids is 2. The third-order valence-electron chi connectivity index (χ3n) is 5.31. The van der Waals surface area contributed by atoms with Gasteiger partial charge in [0.2, 0.25) is 12.7 Å². The molecule has 170 valence electrons. The third kappa shape index (κ3) is 4.26. The Morgan fingerprint density at radius 2 is 1.82 bits per heavy atom. The minimum atomic E-state index is -0.527. The number of hydrogen-bond donors (Lipinski definition) is 3. The fourth-order valence-corrected chi connectivity index (χ4v) is 3.72. The summed E-state index contributed by atoms with van der Waals surface area (Å²) in [5.41, 5.74) is 4.72. The van der Waals surface area contributed by atoms with Gasteiger partial charge in [-0.1, -0.05) is 30.3 Å². The highest BCUT2D eigenvalue weighted by Gasteiger charge is 2.15. The minimum absolute atomic E-state index is 0.0764. The van der Waals surface area contributed by atoms with Crippen LogP contribution >= 0.6 is 0 Å². The zero-order chi connectivity index (χ0) is 23.5. The topological polar surface area (TPSA) is 114 Å². The van der Waals surface area contributed by atoms with E-state index in [2.05, 4.69) is 15.8 Å². The van der Waals surface area contributed by atoms with Gasteiger partial charge in [-0.3, -0.25) is 9.59 Å². The Kier molecular flexibility index (Phi) is 5.57. The molecule has 9 heteroatoms. The molecule has 0 bridgehead atoms. The zero-order valence-electron chi connectivity index (χ0n) is 17.9. The quantitative estimate of drug-likeness (QED) is 0.304. The molecular formula is C25H20N4O5.